The maximum absolute atomic E-state index is 9.70. The summed E-state index contributed by atoms with van der Waals surface area (Å²) in [6.45, 7) is 2.80. The maximum atomic E-state index is 9.70. The molecule has 0 amide bonds. The van der Waals surface area contributed by atoms with Gasteiger partial charge in [-0.05, 0) is 6.92 Å². The lowest BCUT2D eigenvalue weighted by Gasteiger charge is -1.90. The molecule has 0 unspecified atom stereocenters. The molecule has 0 aromatic carbocycles. The summed E-state index contributed by atoms with van der Waals surface area (Å²) in [5.74, 6) is -1.06. The van der Waals surface area contributed by atoms with Crippen molar-refractivity contribution in [1.29, 1.82) is 0 Å². The van der Waals surface area contributed by atoms with Crippen molar-refractivity contribution in [3.8, 4) is 0 Å². The van der Waals surface area contributed by atoms with Gasteiger partial charge in [0, 0.05) is 13.5 Å². The second-order valence-electron chi connectivity index (χ2n) is 1.32. The van der Waals surface area contributed by atoms with Crippen LogP contribution in [-0.4, -0.2) is 30.7 Å². The van der Waals surface area contributed by atoms with Crippen LogP contribution in [0.15, 0.2) is 0 Å². The second kappa shape index (κ2) is 6.08. The van der Waals surface area contributed by atoms with E-state index in [1.165, 1.54) is 0 Å². The monoisotopic (exact) mass is 186 g/mol. The van der Waals surface area contributed by atoms with Gasteiger partial charge >= 0.3 is 16.4 Å². The molecule has 0 aliphatic heterocycles. The summed E-state index contributed by atoms with van der Waals surface area (Å²) in [6.07, 6.45) is 0. The Morgan fingerprint density at radius 3 is 1.82 bits per heavy atom. The Bertz CT molecular complexity index is 193. The zero-order chi connectivity index (χ0) is 9.49. The van der Waals surface area contributed by atoms with Gasteiger partial charge in [0.2, 0.25) is 0 Å². The Labute approximate surface area is 64.7 Å². The van der Waals surface area contributed by atoms with Gasteiger partial charge in [0.25, 0.3) is 0 Å². The van der Waals surface area contributed by atoms with Crippen molar-refractivity contribution >= 4 is 16.4 Å². The van der Waals surface area contributed by atoms with E-state index < -0.39 is 16.4 Å². The van der Waals surface area contributed by atoms with Gasteiger partial charge < -0.3 is 9.29 Å². The Morgan fingerprint density at radius 1 is 1.55 bits per heavy atom. The summed E-state index contributed by atoms with van der Waals surface area (Å²) in [6, 6.07) is 0. The minimum Gasteiger partial charge on any atom is -0.397 e. The van der Waals surface area contributed by atoms with Crippen LogP contribution in [0.4, 0.5) is 0 Å². The Kier molecular flexibility index (Phi) is 7.16. The van der Waals surface area contributed by atoms with E-state index in [2.05, 4.69) is 4.18 Å². The fourth-order valence-corrected chi connectivity index (χ4v) is 0.445. The lowest BCUT2D eigenvalue weighted by molar-refractivity contribution is -0.131. The summed E-state index contributed by atoms with van der Waals surface area (Å²) in [7, 11) is -4.57. The number of carbonyl (C=O) groups excluding carboxylic acids is 1. The first-order chi connectivity index (χ1) is 4.83. The van der Waals surface area contributed by atoms with Gasteiger partial charge in [0.05, 0.1) is 0 Å². The molecule has 0 aliphatic carbocycles. The van der Waals surface area contributed by atoms with E-state index >= 15 is 0 Å². The van der Waals surface area contributed by atoms with Gasteiger partial charge in [-0.2, -0.15) is 8.42 Å². The largest absolute Gasteiger partial charge is 0.448 e. The molecular formula is C4H10O6S. The minimum atomic E-state index is -4.57. The van der Waals surface area contributed by atoms with Crippen molar-refractivity contribution < 1.29 is 27.1 Å². The number of hydrogen-bond acceptors (Lipinski definition) is 5. The zero-order valence-electron chi connectivity index (χ0n) is 6.14. The Hall–Kier alpha value is -0.660. The third-order valence-corrected chi connectivity index (χ3v) is 0.668. The lowest BCUT2D eigenvalue weighted by Crippen LogP contribution is -2.07. The van der Waals surface area contributed by atoms with Crippen LogP contribution in [0.1, 0.15) is 13.8 Å². The highest BCUT2D eigenvalue weighted by Gasteiger charge is 2.06. The molecule has 0 saturated carbocycles. The average molecular weight is 186 g/mol. The van der Waals surface area contributed by atoms with Crippen molar-refractivity contribution in [2.75, 3.05) is 6.61 Å². The third kappa shape index (κ3) is 26.7. The topological polar surface area (TPSA) is 101 Å². The fourth-order valence-electron chi connectivity index (χ4n) is 0.148. The fraction of sp³-hybridized carbons (Fsp3) is 0.750. The Balaban J connectivity index is 0. The Morgan fingerprint density at radius 2 is 1.82 bits per heavy atom. The normalized spacial score (nSPS) is 9.45. The van der Waals surface area contributed by atoms with Gasteiger partial charge in [-0.3, -0.25) is 9.35 Å². The smallest absolute Gasteiger partial charge is 0.397 e. The molecule has 0 atom stereocenters. The van der Waals surface area contributed by atoms with E-state index in [0.29, 0.717) is 0 Å². The lowest BCUT2D eigenvalue weighted by atomic mass is 10.9. The quantitative estimate of drug-likeness (QED) is 0.528. The third-order valence-electron chi connectivity index (χ3n) is 0.223. The summed E-state index contributed by atoms with van der Waals surface area (Å²) in [5.41, 5.74) is 0. The average Bonchev–Trinajstić information content (AvgIpc) is 1.57. The minimum absolute atomic E-state index is 0.250. The summed E-state index contributed by atoms with van der Waals surface area (Å²) < 4.78 is 30.2. The molecule has 11 heavy (non-hydrogen) atoms. The molecule has 0 aromatic heterocycles. The first-order valence-electron chi connectivity index (χ1n) is 2.61. The predicted molar refractivity (Wildman–Crippen MR) is 36.1 cm³/mol. The first-order valence-corrected chi connectivity index (χ1v) is 3.98. The standard InChI is InChI=1S/C2H4O5S.C2H6O/c1-2(3)7-8(4,5)6;1-2-3/h1H3,(H,4,5,6);3H,2H2,1H3. The molecule has 2 N–H and O–H groups in total. The van der Waals surface area contributed by atoms with E-state index in [4.69, 9.17) is 9.66 Å². The summed E-state index contributed by atoms with van der Waals surface area (Å²) >= 11 is 0. The molecule has 0 radical (unpaired) electrons. The van der Waals surface area contributed by atoms with Gasteiger partial charge in [0.1, 0.15) is 0 Å². The van der Waals surface area contributed by atoms with Crippen LogP contribution < -0.4 is 0 Å². The van der Waals surface area contributed by atoms with E-state index in [1.54, 1.807) is 6.92 Å². The van der Waals surface area contributed by atoms with Crippen LogP contribution in [0.25, 0.3) is 0 Å². The van der Waals surface area contributed by atoms with Crippen molar-refractivity contribution in [2.24, 2.45) is 0 Å². The molecule has 0 spiro atoms. The molecule has 0 heterocycles. The van der Waals surface area contributed by atoms with Gasteiger partial charge in [-0.1, -0.05) is 0 Å². The molecule has 0 fully saturated rings. The molecule has 68 valence electrons. The maximum Gasteiger partial charge on any atom is 0.448 e. The van der Waals surface area contributed by atoms with Crippen molar-refractivity contribution in [3.05, 3.63) is 0 Å². The van der Waals surface area contributed by atoms with Gasteiger partial charge in [-0.15, -0.1) is 0 Å². The van der Waals surface area contributed by atoms with E-state index in [1.807, 2.05) is 0 Å². The van der Waals surface area contributed by atoms with Crippen molar-refractivity contribution in [2.45, 2.75) is 13.8 Å². The molecule has 0 aliphatic rings. The highest BCUT2D eigenvalue weighted by molar-refractivity contribution is 7.81. The van der Waals surface area contributed by atoms with Crippen LogP contribution in [0.3, 0.4) is 0 Å². The van der Waals surface area contributed by atoms with Gasteiger partial charge in [0.15, 0.2) is 0 Å². The van der Waals surface area contributed by atoms with Gasteiger partial charge in [-0.25, -0.2) is 0 Å². The number of hydrogen-bond donors (Lipinski definition) is 2. The number of rotatable bonds is 1. The molecule has 0 bridgehead atoms. The second-order valence-corrected chi connectivity index (χ2v) is 2.34. The molecule has 0 aromatic rings. The van der Waals surface area contributed by atoms with Crippen LogP contribution >= 0.6 is 0 Å². The highest BCUT2D eigenvalue weighted by Crippen LogP contribution is 1.84. The molecule has 0 saturated heterocycles. The van der Waals surface area contributed by atoms with Crippen molar-refractivity contribution in [1.82, 2.24) is 0 Å². The molecule has 0 rings (SSSR count). The van der Waals surface area contributed by atoms with E-state index in [0.717, 1.165) is 6.92 Å². The van der Waals surface area contributed by atoms with E-state index in [9.17, 15) is 13.2 Å². The van der Waals surface area contributed by atoms with Crippen LogP contribution in [0.2, 0.25) is 0 Å². The number of aliphatic hydroxyl groups is 1. The summed E-state index contributed by atoms with van der Waals surface area (Å²) in [5, 5.41) is 7.57. The molecule has 6 nitrogen and oxygen atoms in total. The summed E-state index contributed by atoms with van der Waals surface area (Å²) in [4.78, 5) is 9.70. The zero-order valence-corrected chi connectivity index (χ0v) is 6.96. The van der Waals surface area contributed by atoms with Crippen LogP contribution in [0, 0.1) is 0 Å². The van der Waals surface area contributed by atoms with Crippen molar-refractivity contribution in [3.63, 3.8) is 0 Å². The first kappa shape index (κ1) is 13.0. The molecule has 7 heteroatoms. The number of carbonyl (C=O) groups is 1. The van der Waals surface area contributed by atoms with E-state index in [-0.39, 0.29) is 6.61 Å². The highest BCUT2D eigenvalue weighted by atomic mass is 32.3. The molecular weight excluding hydrogens is 176 g/mol. The predicted octanol–water partition coefficient (Wildman–Crippen LogP) is -0.649. The SMILES string of the molecule is CC(=O)OS(=O)(=O)O.CCO. The van der Waals surface area contributed by atoms with Crippen LogP contribution in [-0.2, 0) is 19.4 Å². The van der Waals surface area contributed by atoms with Crippen LogP contribution in [0.5, 0.6) is 0 Å². The number of aliphatic hydroxyl groups excluding tert-OH is 1.